The van der Waals surface area contributed by atoms with E-state index < -0.39 is 42.5 Å². The van der Waals surface area contributed by atoms with Gasteiger partial charge in [0.05, 0.1) is 16.8 Å². The number of ether oxygens (including phenoxy) is 1. The number of aryl methyl sites for hydroxylation is 1. The number of carbonyl (C=O) groups excluding carboxylic acids is 5. The number of ketones is 1. The number of hydrogen-bond acceptors (Lipinski definition) is 8. The van der Waals surface area contributed by atoms with Crippen LogP contribution in [0.15, 0.2) is 78.9 Å². The van der Waals surface area contributed by atoms with E-state index in [4.69, 9.17) is 4.74 Å². The minimum Gasteiger partial charge on any atom is -0.445 e. The van der Waals surface area contributed by atoms with Crippen LogP contribution in [0.1, 0.15) is 54.0 Å². The van der Waals surface area contributed by atoms with Gasteiger partial charge in [-0.25, -0.2) is 9.78 Å². The first-order valence-electron chi connectivity index (χ1n) is 16.4. The summed E-state index contributed by atoms with van der Waals surface area (Å²) in [5, 5.41) is 8.39. The number of benzene rings is 3. The average molecular weight is 684 g/mol. The summed E-state index contributed by atoms with van der Waals surface area (Å²) in [6.07, 6.45) is 0.156. The Labute approximate surface area is 289 Å². The van der Waals surface area contributed by atoms with Crippen LogP contribution in [0.4, 0.5) is 10.5 Å². The first kappa shape index (κ1) is 35.2. The molecule has 1 aliphatic heterocycles. The molecule has 1 aromatic heterocycles. The van der Waals surface area contributed by atoms with Gasteiger partial charge in [0.1, 0.15) is 18.7 Å². The zero-order chi connectivity index (χ0) is 34.9. The summed E-state index contributed by atoms with van der Waals surface area (Å²) in [6.45, 7) is 5.73. The monoisotopic (exact) mass is 683 g/mol. The van der Waals surface area contributed by atoms with Crippen molar-refractivity contribution >= 4 is 56.8 Å². The lowest BCUT2D eigenvalue weighted by molar-refractivity contribution is -0.126. The van der Waals surface area contributed by atoms with Gasteiger partial charge in [0.2, 0.25) is 23.5 Å². The van der Waals surface area contributed by atoms with Crippen molar-refractivity contribution < 1.29 is 28.7 Å². The molecule has 12 heteroatoms. The maximum absolute atomic E-state index is 14.4. The summed E-state index contributed by atoms with van der Waals surface area (Å²) in [5.41, 5.74) is 2.69. The number of amides is 4. The summed E-state index contributed by atoms with van der Waals surface area (Å²) >= 11 is 1.24. The molecule has 4 amide bonds. The van der Waals surface area contributed by atoms with Crippen molar-refractivity contribution in [1.29, 1.82) is 0 Å². The van der Waals surface area contributed by atoms with E-state index in [9.17, 15) is 24.0 Å². The Bertz CT molecular complexity index is 1780. The molecule has 0 radical (unpaired) electrons. The highest BCUT2D eigenvalue weighted by atomic mass is 32.1. The smallest absolute Gasteiger partial charge is 0.408 e. The number of para-hydroxylation sites is 2. The van der Waals surface area contributed by atoms with Crippen molar-refractivity contribution in [2.75, 3.05) is 18.0 Å². The number of nitrogens with zero attached hydrogens (tertiary/aromatic N) is 2. The Balaban J connectivity index is 1.38. The molecule has 0 bridgehead atoms. The molecule has 5 rings (SSSR count). The van der Waals surface area contributed by atoms with Crippen molar-refractivity contribution in [3.8, 4) is 0 Å². The number of thiazole rings is 1. The molecule has 256 valence electrons. The van der Waals surface area contributed by atoms with Crippen molar-refractivity contribution in [1.82, 2.24) is 20.9 Å². The van der Waals surface area contributed by atoms with E-state index in [1.54, 1.807) is 12.1 Å². The summed E-state index contributed by atoms with van der Waals surface area (Å²) in [7, 11) is 0. The molecule has 0 unspecified atom stereocenters. The van der Waals surface area contributed by atoms with E-state index in [-0.39, 0.29) is 35.6 Å². The van der Waals surface area contributed by atoms with Gasteiger partial charge >= 0.3 is 6.09 Å². The lowest BCUT2D eigenvalue weighted by Crippen LogP contribution is -2.53. The van der Waals surface area contributed by atoms with E-state index in [1.807, 2.05) is 87.5 Å². The second-order valence-electron chi connectivity index (χ2n) is 12.5. The summed E-state index contributed by atoms with van der Waals surface area (Å²) in [5.74, 6) is -2.11. The van der Waals surface area contributed by atoms with Gasteiger partial charge in [0.15, 0.2) is 5.01 Å². The predicted octanol–water partition coefficient (Wildman–Crippen LogP) is 5.17. The number of Topliss-reactive ketones (excluding diaryl/α,β-unsaturated/α-hetero) is 1. The Morgan fingerprint density at radius 3 is 2.41 bits per heavy atom. The van der Waals surface area contributed by atoms with Crippen LogP contribution < -0.4 is 20.9 Å². The zero-order valence-electron chi connectivity index (χ0n) is 27.8. The number of anilines is 1. The number of nitrogens with one attached hydrogen (secondary N) is 3. The molecule has 4 aromatic rings. The maximum Gasteiger partial charge on any atom is 0.408 e. The minimum absolute atomic E-state index is 0.0374. The van der Waals surface area contributed by atoms with E-state index in [1.165, 1.54) is 16.2 Å². The van der Waals surface area contributed by atoms with Crippen LogP contribution in [-0.2, 0) is 25.7 Å². The van der Waals surface area contributed by atoms with Gasteiger partial charge in [-0.3, -0.25) is 24.1 Å². The molecule has 11 nitrogen and oxygen atoms in total. The molecule has 3 aromatic carbocycles. The summed E-state index contributed by atoms with van der Waals surface area (Å²) in [4.78, 5) is 73.5. The fourth-order valence-electron chi connectivity index (χ4n) is 5.88. The zero-order valence-corrected chi connectivity index (χ0v) is 28.6. The second-order valence-corrected chi connectivity index (χ2v) is 13.6. The highest BCUT2D eigenvalue weighted by Crippen LogP contribution is 2.31. The number of carbonyl (C=O) groups is 5. The van der Waals surface area contributed by atoms with E-state index in [2.05, 4.69) is 20.9 Å². The molecule has 0 saturated carbocycles. The number of hydrogen-bond donors (Lipinski definition) is 3. The molecule has 49 heavy (non-hydrogen) atoms. The Morgan fingerprint density at radius 1 is 1.00 bits per heavy atom. The molecule has 0 spiro atoms. The number of fused-ring (bicyclic) bond motifs is 1. The maximum atomic E-state index is 14.4. The summed E-state index contributed by atoms with van der Waals surface area (Å²) in [6, 6.07) is 21.7. The molecule has 3 atom stereocenters. The Hall–Kier alpha value is -5.10. The molecule has 1 saturated heterocycles. The standard InChI is InChI=1S/C37H41N5O6S/c1-23(2)19-28(41-37(47)48-22-25-12-5-4-6-13-25)35(46)39-21-32(43)42(29-15-9-7-11-24(29)3)30(20-26-17-18-38-34(26)45)33(44)36-40-27-14-8-10-16-31(27)49-36/h4-16,23,26,28,30H,17-22H2,1-3H3,(H,38,45)(H,39,46)(H,41,47)/t26-,28-,30-/m0/s1. The molecule has 1 fully saturated rings. The highest BCUT2D eigenvalue weighted by Gasteiger charge is 2.39. The van der Waals surface area contributed by atoms with Gasteiger partial charge in [-0.2, -0.15) is 0 Å². The van der Waals surface area contributed by atoms with E-state index in [0.29, 0.717) is 30.6 Å². The van der Waals surface area contributed by atoms with Crippen LogP contribution >= 0.6 is 11.3 Å². The van der Waals surface area contributed by atoms with Crippen LogP contribution in [-0.4, -0.2) is 59.8 Å². The van der Waals surface area contributed by atoms with Crippen molar-refractivity contribution in [3.63, 3.8) is 0 Å². The van der Waals surface area contributed by atoms with Crippen LogP contribution in [0.25, 0.3) is 10.2 Å². The lowest BCUT2D eigenvalue weighted by Gasteiger charge is -2.33. The van der Waals surface area contributed by atoms with Crippen molar-refractivity contribution in [2.45, 2.75) is 58.7 Å². The molecular formula is C37H41N5O6S. The summed E-state index contributed by atoms with van der Waals surface area (Å²) < 4.78 is 6.17. The molecular weight excluding hydrogens is 643 g/mol. The van der Waals surface area contributed by atoms with E-state index >= 15 is 0 Å². The van der Waals surface area contributed by atoms with Crippen LogP contribution in [0, 0.1) is 18.8 Å². The van der Waals surface area contributed by atoms with Gasteiger partial charge < -0.3 is 20.7 Å². The van der Waals surface area contributed by atoms with Crippen molar-refractivity contribution in [3.05, 3.63) is 95.0 Å². The topological polar surface area (TPSA) is 147 Å². The van der Waals surface area contributed by atoms with Crippen LogP contribution in [0.2, 0.25) is 0 Å². The number of rotatable bonds is 14. The average Bonchev–Trinajstić information content (AvgIpc) is 3.72. The predicted molar refractivity (Wildman–Crippen MR) is 188 cm³/mol. The molecule has 3 N–H and O–H groups in total. The second kappa shape index (κ2) is 16.3. The molecule has 0 aliphatic carbocycles. The Kier molecular flexibility index (Phi) is 11.7. The van der Waals surface area contributed by atoms with E-state index in [0.717, 1.165) is 15.8 Å². The third-order valence-corrected chi connectivity index (χ3v) is 9.43. The lowest BCUT2D eigenvalue weighted by atomic mass is 9.93. The third-order valence-electron chi connectivity index (χ3n) is 8.38. The van der Waals surface area contributed by atoms with Crippen LogP contribution in [0.3, 0.4) is 0 Å². The fraction of sp³-hybridized carbons (Fsp3) is 0.351. The van der Waals surface area contributed by atoms with Gasteiger partial charge in [-0.1, -0.05) is 74.5 Å². The van der Waals surface area contributed by atoms with Gasteiger partial charge in [-0.05, 0) is 61.4 Å². The fourth-order valence-corrected chi connectivity index (χ4v) is 6.83. The first-order valence-corrected chi connectivity index (χ1v) is 17.2. The van der Waals surface area contributed by atoms with Gasteiger partial charge in [0, 0.05) is 18.2 Å². The highest BCUT2D eigenvalue weighted by molar-refractivity contribution is 7.20. The quantitative estimate of drug-likeness (QED) is 0.155. The number of aromatic nitrogens is 1. The SMILES string of the molecule is Cc1ccccc1N(C(=O)CNC(=O)[C@H](CC(C)C)NC(=O)OCc1ccccc1)[C@@H](C[C@@H]1CCNC1=O)C(=O)c1nc2ccccc2s1. The molecule has 2 heterocycles. The Morgan fingerprint density at radius 2 is 1.71 bits per heavy atom. The minimum atomic E-state index is -1.07. The number of alkyl carbamates (subject to hydrolysis) is 1. The van der Waals surface area contributed by atoms with Gasteiger partial charge in [0.25, 0.3) is 0 Å². The van der Waals surface area contributed by atoms with Crippen LogP contribution in [0.5, 0.6) is 0 Å². The van der Waals surface area contributed by atoms with Gasteiger partial charge in [-0.15, -0.1) is 11.3 Å². The third kappa shape index (κ3) is 9.08. The normalized spacial score (nSPS) is 15.3. The van der Waals surface area contributed by atoms with Crippen molar-refractivity contribution in [2.24, 2.45) is 11.8 Å². The largest absolute Gasteiger partial charge is 0.445 e. The molecule has 1 aliphatic rings. The first-order chi connectivity index (χ1) is 23.6.